The van der Waals surface area contributed by atoms with Gasteiger partial charge in [0, 0.05) is 81.6 Å². The molecule has 2 aliphatic carbocycles. The molecule has 3 aromatic heterocycles. The summed E-state index contributed by atoms with van der Waals surface area (Å²) in [4.78, 5) is 30.6. The summed E-state index contributed by atoms with van der Waals surface area (Å²) in [6.45, 7) is 24.6. The van der Waals surface area contributed by atoms with Crippen molar-refractivity contribution in [2.24, 2.45) is 0 Å². The van der Waals surface area contributed by atoms with E-state index in [1.54, 1.807) is 0 Å². The van der Waals surface area contributed by atoms with Gasteiger partial charge in [-0.3, -0.25) is 0 Å². The number of para-hydroxylation sites is 6. The molecule has 5 aliphatic heterocycles. The second-order valence-electron chi connectivity index (χ2n) is 38.4. The van der Waals surface area contributed by atoms with Crippen LogP contribution in [0.2, 0.25) is 5.02 Å². The predicted molar refractivity (Wildman–Crippen MR) is 548 cm³/mol. The van der Waals surface area contributed by atoms with E-state index in [2.05, 4.69) is 254 Å². The van der Waals surface area contributed by atoms with Crippen molar-refractivity contribution in [3.05, 3.63) is 418 Å². The lowest BCUT2D eigenvalue weighted by Gasteiger charge is -2.39. The standard InChI is InChI=1S/C46H36BN3O3.C40H24ClN3O.C18H12BrN.C12H24B2O4/c1-44(2)45(3,4)53-47(52-44)31-26-27-34-33(28-31)40-32(43-49-41(29-16-7-5-8-17-29)48-42(50-43)30-18-9-6-10-19-30)20-15-23-37(40)46(34)35-21-11-13-24-38(35)51-39-25-14-12-22-36(39)46;41-27-22-23-30-29(24-27)36-28(39-43-37(25-12-3-1-4-13-25)42-38(44-39)26-14-5-2-6-15-26)16-11-19-33(36)40(30)31-17-7-9-20-34(31)45-35-21-10-8-18-32(35)40;19-13-10-11-18-16(12-13)15-8-4-5-9-17(15)20(18)14-6-2-1-3-7-14;1-9(2)10(3,4)16-13(15-9)14-17-11(5,6)12(7,8)18-14/h5-28H,1-4H3;1-24H;1-12H;1-8H3. The van der Waals surface area contributed by atoms with E-state index < -0.39 is 43.2 Å². The first kappa shape index (κ1) is 87.8. The highest BCUT2D eigenvalue weighted by Crippen LogP contribution is 2.66. The minimum atomic E-state index is -0.669. The number of halogens is 2. The number of hydrogen-bond donors (Lipinski definition) is 0. The summed E-state index contributed by atoms with van der Waals surface area (Å²) in [5, 5.41) is 3.23. The monoisotopic (exact) mass is 1860 g/mol. The van der Waals surface area contributed by atoms with E-state index in [0.717, 1.165) is 133 Å². The van der Waals surface area contributed by atoms with Crippen molar-refractivity contribution in [3.63, 3.8) is 0 Å². The number of ether oxygens (including phenoxy) is 2. The van der Waals surface area contributed by atoms with Gasteiger partial charge in [0.05, 0.1) is 55.5 Å². The summed E-state index contributed by atoms with van der Waals surface area (Å²) in [6, 6.07) is 125. The first-order valence-corrected chi connectivity index (χ1v) is 47.4. The molecular formula is C116H96B3BrClN7O8. The highest BCUT2D eigenvalue weighted by atomic mass is 79.9. The molecule has 0 N–H and O–H groups in total. The van der Waals surface area contributed by atoms with Crippen LogP contribution in [0.3, 0.4) is 0 Å². The minimum Gasteiger partial charge on any atom is -0.457 e. The Morgan fingerprint density at radius 1 is 0.265 bits per heavy atom. The zero-order valence-electron chi connectivity index (χ0n) is 77.5. The minimum absolute atomic E-state index is 0.360. The van der Waals surface area contributed by atoms with Gasteiger partial charge < -0.3 is 42.0 Å². The van der Waals surface area contributed by atoms with Crippen LogP contribution in [0.5, 0.6) is 23.0 Å². The van der Waals surface area contributed by atoms with Gasteiger partial charge >= 0.3 is 21.1 Å². The van der Waals surface area contributed by atoms with Crippen molar-refractivity contribution in [2.75, 3.05) is 0 Å². The predicted octanol–water partition coefficient (Wildman–Crippen LogP) is 27.4. The molecule has 666 valence electrons. The Morgan fingerprint density at radius 2 is 0.588 bits per heavy atom. The molecule has 20 heteroatoms. The lowest BCUT2D eigenvalue weighted by Crippen LogP contribution is -2.41. The quantitative estimate of drug-likeness (QED) is 0.126. The molecule has 0 atom stereocenters. The molecule has 0 radical (unpaired) electrons. The molecule has 3 saturated heterocycles. The maximum absolute atomic E-state index is 6.76. The number of aromatic nitrogens is 7. The average Bonchev–Trinajstić information content (AvgIpc) is 1.51. The van der Waals surface area contributed by atoms with Gasteiger partial charge in [-0.15, -0.1) is 0 Å². The SMILES string of the molecule is Brc1ccc2c(c1)c1ccccc1n2-c1ccccc1.CC1(C)OB(B2OC(C)(C)C(C)(C)O2)OC1(C)C.CC1(C)OB(c2ccc3c(c2)-c2c(-c4nc(-c5ccccc5)nc(-c5ccccc5)n4)cccc2C32c3ccccc3Oc3ccccc32)OC1(C)C.Clc1ccc2c(c1)-c1c(-c3nc(-c4ccccc4)nc(-c4ccccc4)n3)cccc1C21c2ccccc2Oc2ccccc21. The van der Waals surface area contributed by atoms with Crippen LogP contribution in [0, 0.1) is 0 Å². The van der Waals surface area contributed by atoms with E-state index in [-0.39, 0.29) is 22.4 Å². The second-order valence-corrected chi connectivity index (χ2v) is 39.8. The summed E-state index contributed by atoms with van der Waals surface area (Å²) in [5.74, 6) is 7.05. The van der Waals surface area contributed by atoms with Crippen LogP contribution < -0.4 is 14.9 Å². The Balaban J connectivity index is 0.000000115. The molecule has 15 aromatic carbocycles. The molecule has 15 nitrogen and oxygen atoms in total. The van der Waals surface area contributed by atoms with Crippen molar-refractivity contribution in [2.45, 2.75) is 128 Å². The molecule has 0 unspecified atom stereocenters. The Bertz CT molecular complexity index is 7430. The molecule has 0 bridgehead atoms. The van der Waals surface area contributed by atoms with Crippen LogP contribution in [-0.2, 0) is 38.8 Å². The van der Waals surface area contributed by atoms with Crippen LogP contribution >= 0.6 is 27.5 Å². The van der Waals surface area contributed by atoms with Crippen molar-refractivity contribution < 1.29 is 37.4 Å². The molecular weight excluding hydrogens is 1770 g/mol. The third-order valence-corrected chi connectivity index (χ3v) is 29.5. The van der Waals surface area contributed by atoms with Gasteiger partial charge in [0.15, 0.2) is 34.9 Å². The van der Waals surface area contributed by atoms with Gasteiger partial charge in [-0.05, 0) is 206 Å². The third kappa shape index (κ3) is 14.7. The Morgan fingerprint density at radius 3 is 0.993 bits per heavy atom. The maximum atomic E-state index is 6.76. The molecule has 18 aromatic rings. The van der Waals surface area contributed by atoms with Gasteiger partial charge in [0.1, 0.15) is 23.0 Å². The topological polar surface area (TPSA) is 156 Å². The summed E-state index contributed by atoms with van der Waals surface area (Å²) in [5.41, 5.74) is 19.7. The number of hydrogen-bond acceptors (Lipinski definition) is 14. The molecule has 2 spiro atoms. The van der Waals surface area contributed by atoms with Crippen molar-refractivity contribution in [1.29, 1.82) is 0 Å². The normalized spacial score (nSPS) is 16.8. The van der Waals surface area contributed by atoms with E-state index in [0.29, 0.717) is 40.0 Å². The summed E-state index contributed by atoms with van der Waals surface area (Å²) in [7, 11) is -1.48. The first-order chi connectivity index (χ1) is 65.7. The van der Waals surface area contributed by atoms with Crippen molar-refractivity contribution in [1.82, 2.24) is 34.5 Å². The molecule has 0 amide bonds. The maximum Gasteiger partial charge on any atom is 0.494 e. The number of fused-ring (bicyclic) bond motifs is 21. The van der Waals surface area contributed by atoms with E-state index in [1.165, 1.54) is 27.5 Å². The van der Waals surface area contributed by atoms with Gasteiger partial charge in [-0.1, -0.05) is 319 Å². The van der Waals surface area contributed by atoms with Crippen LogP contribution in [-0.4, -0.2) is 89.2 Å². The summed E-state index contributed by atoms with van der Waals surface area (Å²) >= 11 is 10.3. The van der Waals surface area contributed by atoms with Gasteiger partial charge in [-0.25, -0.2) is 29.9 Å². The van der Waals surface area contributed by atoms with E-state index in [1.807, 2.05) is 213 Å². The Hall–Kier alpha value is -13.6. The zero-order chi connectivity index (χ0) is 93.4. The van der Waals surface area contributed by atoms with Gasteiger partial charge in [0.25, 0.3) is 0 Å². The third-order valence-electron chi connectivity index (χ3n) is 28.7. The van der Waals surface area contributed by atoms with E-state index in [4.69, 9.17) is 78.9 Å². The molecule has 25 rings (SSSR count). The highest BCUT2D eigenvalue weighted by Gasteiger charge is 2.64. The zero-order valence-corrected chi connectivity index (χ0v) is 79.9. The first-order valence-electron chi connectivity index (χ1n) is 46.2. The molecule has 0 saturated carbocycles. The van der Waals surface area contributed by atoms with Crippen LogP contribution in [0.1, 0.15) is 128 Å². The number of rotatable bonds is 9. The molecule has 136 heavy (non-hydrogen) atoms. The summed E-state index contributed by atoms with van der Waals surface area (Å²) < 4.78 is 53.6. The fourth-order valence-electron chi connectivity index (χ4n) is 20.1. The van der Waals surface area contributed by atoms with Crippen molar-refractivity contribution >= 4 is 75.9 Å². The van der Waals surface area contributed by atoms with Gasteiger partial charge in [0.2, 0.25) is 0 Å². The lowest BCUT2D eigenvalue weighted by molar-refractivity contribution is 0.00578. The van der Waals surface area contributed by atoms with Gasteiger partial charge in [-0.2, -0.15) is 0 Å². The fraction of sp³-hybridized carbons (Fsp3) is 0.172. The molecule has 8 heterocycles. The Labute approximate surface area is 806 Å². The van der Waals surface area contributed by atoms with Crippen LogP contribution in [0.4, 0.5) is 0 Å². The number of nitrogens with zero attached hydrogens (tertiary/aromatic N) is 7. The number of benzene rings is 15. The average molecular weight is 1860 g/mol. The highest BCUT2D eigenvalue weighted by molar-refractivity contribution is 9.10. The van der Waals surface area contributed by atoms with E-state index in [9.17, 15) is 0 Å². The Kier molecular flexibility index (Phi) is 21.8. The largest absolute Gasteiger partial charge is 0.494 e. The smallest absolute Gasteiger partial charge is 0.457 e. The van der Waals surface area contributed by atoms with Crippen molar-refractivity contribution in [3.8, 4) is 119 Å². The van der Waals surface area contributed by atoms with Crippen LogP contribution in [0.25, 0.3) is 118 Å². The fourth-order valence-corrected chi connectivity index (χ4v) is 20.6. The molecule has 7 aliphatic rings. The van der Waals surface area contributed by atoms with Crippen LogP contribution in [0.15, 0.2) is 368 Å². The van der Waals surface area contributed by atoms with E-state index >= 15 is 0 Å². The summed E-state index contributed by atoms with van der Waals surface area (Å²) in [6.07, 6.45) is 0. The lowest BCUT2D eigenvalue weighted by atomic mass is 9.49. The molecule has 3 fully saturated rings. The second kappa shape index (κ2) is 33.8.